The summed E-state index contributed by atoms with van der Waals surface area (Å²) in [7, 11) is 1.75. The number of nitrogens with zero attached hydrogens (tertiary/aromatic N) is 4. The first kappa shape index (κ1) is 19.7. The largest absolute Gasteiger partial charge is 0.421 e. The summed E-state index contributed by atoms with van der Waals surface area (Å²) in [6.07, 6.45) is 2.84. The van der Waals surface area contributed by atoms with Gasteiger partial charge >= 0.3 is 0 Å². The third-order valence-corrected chi connectivity index (χ3v) is 4.61. The normalized spacial score (nSPS) is 12.4. The quantitative estimate of drug-likeness (QED) is 0.561. The highest BCUT2D eigenvalue weighted by Gasteiger charge is 2.25. The number of aromatic nitrogens is 1. The first-order valence-corrected chi connectivity index (χ1v) is 8.88. The van der Waals surface area contributed by atoms with E-state index in [4.69, 9.17) is 4.42 Å². The second-order valence-corrected chi connectivity index (χ2v) is 8.16. The summed E-state index contributed by atoms with van der Waals surface area (Å²) < 4.78 is 5.78. The zero-order chi connectivity index (χ0) is 19.5. The van der Waals surface area contributed by atoms with Gasteiger partial charge in [0, 0.05) is 12.5 Å². The summed E-state index contributed by atoms with van der Waals surface area (Å²) in [5, 5.41) is 15.3. The molecule has 5 heteroatoms. The van der Waals surface area contributed by atoms with Crippen molar-refractivity contribution in [2.45, 2.75) is 58.8 Å². The van der Waals surface area contributed by atoms with Gasteiger partial charge in [0.05, 0.1) is 6.21 Å². The number of nitriles is 1. The summed E-state index contributed by atoms with van der Waals surface area (Å²) >= 11 is 0. The number of rotatable bonds is 5. The van der Waals surface area contributed by atoms with Crippen LogP contribution in [0.1, 0.15) is 70.7 Å². The number of hydrazone groups is 1. The Labute approximate surface area is 156 Å². The average Bonchev–Trinajstić information content (AvgIpc) is 3.05. The Bertz CT molecular complexity index is 817. The summed E-state index contributed by atoms with van der Waals surface area (Å²) in [6, 6.07) is 10.5. The second kappa shape index (κ2) is 7.33. The van der Waals surface area contributed by atoms with Crippen molar-refractivity contribution in [3.05, 3.63) is 47.0 Å². The van der Waals surface area contributed by atoms with E-state index in [1.165, 1.54) is 5.56 Å². The van der Waals surface area contributed by atoms with E-state index in [1.807, 2.05) is 20.8 Å². The van der Waals surface area contributed by atoms with E-state index < -0.39 is 0 Å². The Morgan fingerprint density at radius 3 is 2.31 bits per heavy atom. The Morgan fingerprint density at radius 2 is 1.81 bits per heavy atom. The Kier molecular flexibility index (Phi) is 5.56. The Hall–Kier alpha value is -2.61. The third kappa shape index (κ3) is 4.32. The predicted octanol–water partition coefficient (Wildman–Crippen LogP) is 5.00. The van der Waals surface area contributed by atoms with Crippen LogP contribution < -0.4 is 5.01 Å². The van der Waals surface area contributed by atoms with Crippen LogP contribution in [0.5, 0.6) is 0 Å². The van der Waals surface area contributed by atoms with Crippen LogP contribution in [0.4, 0.5) is 5.88 Å². The molecule has 0 radical (unpaired) electrons. The lowest BCUT2D eigenvalue weighted by molar-refractivity contribution is 0.394. The molecule has 2 rings (SSSR count). The van der Waals surface area contributed by atoms with Gasteiger partial charge in [-0.2, -0.15) is 15.3 Å². The second-order valence-electron chi connectivity index (χ2n) is 8.16. The molecule has 1 aromatic carbocycles. The zero-order valence-electron chi connectivity index (χ0n) is 16.8. The van der Waals surface area contributed by atoms with E-state index in [-0.39, 0.29) is 16.5 Å². The monoisotopic (exact) mass is 352 g/mol. The molecule has 0 spiro atoms. The topological polar surface area (TPSA) is 65.4 Å². The summed E-state index contributed by atoms with van der Waals surface area (Å²) in [5.74, 6) is 0.884. The minimum absolute atomic E-state index is 0.164. The van der Waals surface area contributed by atoms with Gasteiger partial charge in [-0.15, -0.1) is 0 Å². The first-order chi connectivity index (χ1) is 12.1. The van der Waals surface area contributed by atoms with E-state index >= 15 is 0 Å². The van der Waals surface area contributed by atoms with E-state index in [0.717, 1.165) is 12.0 Å². The molecule has 2 aromatic rings. The maximum absolute atomic E-state index is 9.31. The fourth-order valence-corrected chi connectivity index (χ4v) is 2.36. The van der Waals surface area contributed by atoms with Gasteiger partial charge in [0.1, 0.15) is 6.07 Å². The highest BCUT2D eigenvalue weighted by Crippen LogP contribution is 2.29. The molecule has 1 aromatic heterocycles. The van der Waals surface area contributed by atoms with Crippen molar-refractivity contribution in [3.63, 3.8) is 0 Å². The fraction of sp³-hybridized carbons (Fsp3) is 0.476. The van der Waals surface area contributed by atoms with Crippen molar-refractivity contribution >= 4 is 12.1 Å². The van der Waals surface area contributed by atoms with Crippen LogP contribution in [-0.4, -0.2) is 18.2 Å². The summed E-state index contributed by atoms with van der Waals surface area (Å²) in [4.78, 5) is 4.28. The molecule has 0 saturated heterocycles. The van der Waals surface area contributed by atoms with Gasteiger partial charge in [0.25, 0.3) is 5.88 Å². The van der Waals surface area contributed by atoms with Crippen molar-refractivity contribution in [3.8, 4) is 6.07 Å². The smallest absolute Gasteiger partial charge is 0.254 e. The number of hydrogen-bond donors (Lipinski definition) is 0. The maximum Gasteiger partial charge on any atom is 0.254 e. The van der Waals surface area contributed by atoms with Crippen molar-refractivity contribution in [1.82, 2.24) is 4.98 Å². The van der Waals surface area contributed by atoms with Crippen LogP contribution in [0.3, 0.4) is 0 Å². The minimum atomic E-state index is -0.268. The van der Waals surface area contributed by atoms with Crippen molar-refractivity contribution in [2.24, 2.45) is 5.10 Å². The van der Waals surface area contributed by atoms with Crippen LogP contribution in [0.25, 0.3) is 0 Å². The molecule has 0 fully saturated rings. The molecule has 5 nitrogen and oxygen atoms in total. The number of anilines is 1. The molecule has 138 valence electrons. The van der Waals surface area contributed by atoms with Crippen molar-refractivity contribution in [1.29, 1.82) is 5.26 Å². The lowest BCUT2D eigenvalue weighted by Crippen LogP contribution is -2.15. The third-order valence-electron chi connectivity index (χ3n) is 4.61. The van der Waals surface area contributed by atoms with Crippen LogP contribution >= 0.6 is 0 Å². The Balaban J connectivity index is 2.21. The zero-order valence-corrected chi connectivity index (χ0v) is 16.8. The predicted molar refractivity (Wildman–Crippen MR) is 106 cm³/mol. The molecule has 0 N–H and O–H groups in total. The van der Waals surface area contributed by atoms with Gasteiger partial charge in [0.15, 0.2) is 0 Å². The molecule has 0 amide bonds. The molecule has 26 heavy (non-hydrogen) atoms. The van der Waals surface area contributed by atoms with E-state index in [0.29, 0.717) is 11.8 Å². The molecular formula is C21H28N4O. The highest BCUT2D eigenvalue weighted by atomic mass is 16.4. The first-order valence-electron chi connectivity index (χ1n) is 8.88. The van der Waals surface area contributed by atoms with E-state index in [2.05, 4.69) is 61.2 Å². The maximum atomic E-state index is 9.31. The van der Waals surface area contributed by atoms with E-state index in [1.54, 1.807) is 18.3 Å². The van der Waals surface area contributed by atoms with Crippen molar-refractivity contribution in [2.75, 3.05) is 12.1 Å². The molecular weight excluding hydrogens is 324 g/mol. The van der Waals surface area contributed by atoms with Gasteiger partial charge in [-0.25, -0.2) is 5.01 Å². The molecule has 0 aliphatic carbocycles. The van der Waals surface area contributed by atoms with Gasteiger partial charge < -0.3 is 4.42 Å². The van der Waals surface area contributed by atoms with Crippen molar-refractivity contribution < 1.29 is 4.42 Å². The van der Waals surface area contributed by atoms with Gasteiger partial charge in [0.2, 0.25) is 11.6 Å². The van der Waals surface area contributed by atoms with Crippen LogP contribution in [0.2, 0.25) is 0 Å². The number of oxazole rings is 1. The SMILES string of the molecule is CCC(C)(C)c1ccc(C=NN(C)c2oc(C(C)(C)C)nc2C#N)cc1. The van der Waals surface area contributed by atoms with Crippen LogP contribution in [-0.2, 0) is 10.8 Å². The van der Waals surface area contributed by atoms with Crippen LogP contribution in [0, 0.1) is 11.3 Å². The molecule has 1 heterocycles. The standard InChI is InChI=1S/C21H28N4O/c1-8-21(5,6)16-11-9-15(10-12-16)14-23-25(7)18-17(13-22)24-19(26-18)20(2,3)4/h9-12,14H,8H2,1-7H3. The Morgan fingerprint density at radius 1 is 1.19 bits per heavy atom. The van der Waals surface area contributed by atoms with Gasteiger partial charge in [-0.05, 0) is 23.0 Å². The molecule has 0 bridgehead atoms. The number of hydrogen-bond acceptors (Lipinski definition) is 5. The summed E-state index contributed by atoms with van der Waals surface area (Å²) in [5.41, 5.74) is 2.44. The van der Waals surface area contributed by atoms with Crippen LogP contribution in [0.15, 0.2) is 33.8 Å². The van der Waals surface area contributed by atoms with Gasteiger partial charge in [-0.1, -0.05) is 65.8 Å². The summed E-state index contributed by atoms with van der Waals surface area (Å²) in [6.45, 7) is 12.7. The van der Waals surface area contributed by atoms with E-state index in [9.17, 15) is 5.26 Å². The lowest BCUT2D eigenvalue weighted by atomic mass is 9.82. The number of benzene rings is 1. The fourth-order valence-electron chi connectivity index (χ4n) is 2.36. The molecule has 0 saturated carbocycles. The van der Waals surface area contributed by atoms with Gasteiger partial charge in [-0.3, -0.25) is 0 Å². The highest BCUT2D eigenvalue weighted by molar-refractivity contribution is 5.80. The molecule has 0 atom stereocenters. The molecule has 0 aliphatic rings. The minimum Gasteiger partial charge on any atom is -0.421 e. The molecule has 0 aliphatic heterocycles. The average molecular weight is 352 g/mol. The molecule has 0 unspecified atom stereocenters. The lowest BCUT2D eigenvalue weighted by Gasteiger charge is -2.23.